The summed E-state index contributed by atoms with van der Waals surface area (Å²) in [6.07, 6.45) is 50.1. The van der Waals surface area contributed by atoms with Crippen LogP contribution in [0.4, 0.5) is 0 Å². The van der Waals surface area contributed by atoms with Crippen molar-refractivity contribution < 1.29 is 80.2 Å². The minimum Gasteiger partial charge on any atom is -0.462 e. The number of aliphatic hydroxyl groups excluding tert-OH is 1. The largest absolute Gasteiger partial charge is 0.472 e. The summed E-state index contributed by atoms with van der Waals surface area (Å²) in [5.74, 6) is 0.0713. The second kappa shape index (κ2) is 64.7. The molecule has 0 aliphatic carbocycles. The summed E-state index contributed by atoms with van der Waals surface area (Å²) in [6, 6.07) is 0. The van der Waals surface area contributed by atoms with Crippen LogP contribution in [-0.4, -0.2) is 96.7 Å². The Balaban J connectivity index is 5.23. The summed E-state index contributed by atoms with van der Waals surface area (Å²) >= 11 is 0. The van der Waals surface area contributed by atoms with Crippen LogP contribution in [0, 0.1) is 17.8 Å². The van der Waals surface area contributed by atoms with Gasteiger partial charge in [0.25, 0.3) is 0 Å². The number of phosphoric acid groups is 2. The molecule has 0 amide bonds. The lowest BCUT2D eigenvalue weighted by molar-refractivity contribution is -0.161. The molecule has 5 atom stereocenters. The predicted octanol–water partition coefficient (Wildman–Crippen LogP) is 21.4. The van der Waals surface area contributed by atoms with E-state index in [1.165, 1.54) is 180 Å². The van der Waals surface area contributed by atoms with E-state index in [1.54, 1.807) is 0 Å². The molecule has 0 rings (SSSR count). The fourth-order valence-corrected chi connectivity index (χ4v) is 12.8. The van der Waals surface area contributed by atoms with Gasteiger partial charge in [-0.3, -0.25) is 37.3 Å². The molecule has 0 radical (unpaired) electrons. The summed E-state index contributed by atoms with van der Waals surface area (Å²) < 4.78 is 68.4. The lowest BCUT2D eigenvalue weighted by Gasteiger charge is -2.21. The van der Waals surface area contributed by atoms with Crippen molar-refractivity contribution in [3.05, 3.63) is 0 Å². The molecule has 0 saturated heterocycles. The summed E-state index contributed by atoms with van der Waals surface area (Å²) in [4.78, 5) is 72.7. The first kappa shape index (κ1) is 91.1. The average Bonchev–Trinajstić information content (AvgIpc) is 1.58. The topological polar surface area (TPSA) is 237 Å². The third kappa shape index (κ3) is 68.4. The molecule has 0 fully saturated rings. The maximum absolute atomic E-state index is 13.1. The van der Waals surface area contributed by atoms with Gasteiger partial charge in [0.15, 0.2) is 12.2 Å². The van der Waals surface area contributed by atoms with Gasteiger partial charge in [-0.2, -0.15) is 0 Å². The van der Waals surface area contributed by atoms with E-state index in [2.05, 4.69) is 48.5 Å². The fraction of sp³-hybridized carbons (Fsp3) is 0.946. The van der Waals surface area contributed by atoms with Gasteiger partial charge in [0.05, 0.1) is 26.4 Å². The van der Waals surface area contributed by atoms with Crippen molar-refractivity contribution in [1.29, 1.82) is 0 Å². The van der Waals surface area contributed by atoms with E-state index >= 15 is 0 Å². The van der Waals surface area contributed by atoms with Crippen molar-refractivity contribution in [2.24, 2.45) is 17.8 Å². The summed E-state index contributed by atoms with van der Waals surface area (Å²) in [5, 5.41) is 10.6. The highest BCUT2D eigenvalue weighted by atomic mass is 31.2. The van der Waals surface area contributed by atoms with Crippen LogP contribution in [0.25, 0.3) is 0 Å². The van der Waals surface area contributed by atoms with Gasteiger partial charge in [0.2, 0.25) is 0 Å². The van der Waals surface area contributed by atoms with E-state index in [0.29, 0.717) is 31.6 Å². The Hall–Kier alpha value is -1.94. The molecular formula is C74H144O17P2. The number of esters is 4. The van der Waals surface area contributed by atoms with Crippen LogP contribution in [0.15, 0.2) is 0 Å². The Morgan fingerprint density at radius 1 is 0.290 bits per heavy atom. The van der Waals surface area contributed by atoms with Crippen LogP contribution in [0.5, 0.6) is 0 Å². The molecule has 0 bridgehead atoms. The summed E-state index contributed by atoms with van der Waals surface area (Å²) in [5.41, 5.74) is 0. The van der Waals surface area contributed by atoms with Gasteiger partial charge in [-0.1, -0.05) is 325 Å². The van der Waals surface area contributed by atoms with Gasteiger partial charge in [0.1, 0.15) is 19.3 Å². The van der Waals surface area contributed by atoms with E-state index < -0.39 is 97.5 Å². The monoisotopic (exact) mass is 1370 g/mol. The molecule has 0 spiro atoms. The molecular weight excluding hydrogens is 1220 g/mol. The molecule has 0 aromatic rings. The molecule has 2 unspecified atom stereocenters. The fourth-order valence-electron chi connectivity index (χ4n) is 11.2. The van der Waals surface area contributed by atoms with Crippen LogP contribution < -0.4 is 0 Å². The lowest BCUT2D eigenvalue weighted by atomic mass is 10.0. The zero-order valence-corrected chi connectivity index (χ0v) is 62.5. The highest BCUT2D eigenvalue weighted by Crippen LogP contribution is 2.45. The number of aliphatic hydroxyl groups is 1. The van der Waals surface area contributed by atoms with E-state index in [4.69, 9.17) is 37.0 Å². The number of carbonyl (C=O) groups excluding carboxylic acids is 4. The first-order chi connectivity index (χ1) is 44.7. The Morgan fingerprint density at radius 3 is 0.731 bits per heavy atom. The second-order valence-electron chi connectivity index (χ2n) is 28.1. The maximum Gasteiger partial charge on any atom is 0.472 e. The minimum atomic E-state index is -4.96. The van der Waals surface area contributed by atoms with E-state index in [0.717, 1.165) is 108 Å². The van der Waals surface area contributed by atoms with E-state index in [9.17, 15) is 43.2 Å². The van der Waals surface area contributed by atoms with Crippen molar-refractivity contribution in [1.82, 2.24) is 0 Å². The number of carbonyl (C=O) groups is 4. The van der Waals surface area contributed by atoms with Gasteiger partial charge in [-0.25, -0.2) is 9.13 Å². The minimum absolute atomic E-state index is 0.104. The van der Waals surface area contributed by atoms with Crippen LogP contribution in [0.3, 0.4) is 0 Å². The number of hydrogen-bond donors (Lipinski definition) is 3. The Bertz CT molecular complexity index is 1820. The highest BCUT2D eigenvalue weighted by molar-refractivity contribution is 7.47. The smallest absolute Gasteiger partial charge is 0.462 e. The Labute approximate surface area is 568 Å². The predicted molar refractivity (Wildman–Crippen MR) is 377 cm³/mol. The molecule has 552 valence electrons. The van der Waals surface area contributed by atoms with Gasteiger partial charge in [-0.15, -0.1) is 0 Å². The van der Waals surface area contributed by atoms with Gasteiger partial charge < -0.3 is 33.8 Å². The average molecular weight is 1370 g/mol. The quantitative estimate of drug-likeness (QED) is 0.0222. The lowest BCUT2D eigenvalue weighted by Crippen LogP contribution is -2.30. The molecule has 0 heterocycles. The van der Waals surface area contributed by atoms with Crippen LogP contribution in [0.2, 0.25) is 0 Å². The first-order valence-electron chi connectivity index (χ1n) is 38.3. The van der Waals surface area contributed by atoms with Crippen LogP contribution in [-0.2, 0) is 65.4 Å². The molecule has 0 saturated carbocycles. The molecule has 0 aromatic carbocycles. The zero-order chi connectivity index (χ0) is 68.7. The molecule has 19 heteroatoms. The summed E-state index contributed by atoms with van der Waals surface area (Å²) in [6.45, 7) is 11.8. The van der Waals surface area contributed by atoms with Crippen molar-refractivity contribution in [3.63, 3.8) is 0 Å². The molecule has 0 aromatic heterocycles. The molecule has 3 N–H and O–H groups in total. The number of ether oxygens (including phenoxy) is 4. The van der Waals surface area contributed by atoms with Gasteiger partial charge in [0, 0.05) is 25.7 Å². The highest BCUT2D eigenvalue weighted by Gasteiger charge is 2.30. The van der Waals surface area contributed by atoms with E-state index in [1.807, 2.05) is 0 Å². The Morgan fingerprint density at radius 2 is 0.495 bits per heavy atom. The number of unbranched alkanes of at least 4 members (excludes halogenated alkanes) is 40. The van der Waals surface area contributed by atoms with Gasteiger partial charge in [-0.05, 0) is 43.4 Å². The van der Waals surface area contributed by atoms with Crippen molar-refractivity contribution in [2.45, 2.75) is 394 Å². The molecule has 93 heavy (non-hydrogen) atoms. The molecule has 17 nitrogen and oxygen atoms in total. The standard InChI is InChI=1S/C74H144O17P2/c1-8-9-10-11-12-13-14-15-16-17-18-19-20-23-27-35-43-50-57-73(78)90-69(61-84-71(76)55-48-41-34-26-24-21-22-25-31-38-45-52-65(2)3)63-88-92(80,81)86-59-68(75)60-87-93(82,83)89-64-70(62-85-72(77)56-49-42-37-30-33-40-47-54-67(6)7)91-74(79)58-51-44-36-29-28-32-39-46-53-66(4)5/h65-70,75H,8-64H2,1-7H3,(H,80,81)(H,82,83)/t68-,69-,70-/m1/s1. The third-order valence-electron chi connectivity index (χ3n) is 17.1. The first-order valence-corrected chi connectivity index (χ1v) is 41.3. The number of hydrogen-bond acceptors (Lipinski definition) is 15. The zero-order valence-electron chi connectivity index (χ0n) is 60.7. The SMILES string of the molecule is CCCCCCCCCCCCCCCCCCCCC(=O)O[C@H](COC(=O)CCCCCCCCCCCCCC(C)C)COP(=O)(O)OC[C@@H](O)COP(=O)(O)OC[C@@H](COC(=O)CCCCCCCCCC(C)C)OC(=O)CCCCCCCCCCC(C)C. The molecule has 0 aliphatic rings. The second-order valence-corrected chi connectivity index (χ2v) is 31.0. The van der Waals surface area contributed by atoms with Crippen LogP contribution >= 0.6 is 15.6 Å². The van der Waals surface area contributed by atoms with Crippen LogP contribution in [0.1, 0.15) is 376 Å². The summed E-state index contributed by atoms with van der Waals surface area (Å²) in [7, 11) is -9.91. The third-order valence-corrected chi connectivity index (χ3v) is 19.0. The van der Waals surface area contributed by atoms with E-state index in [-0.39, 0.29) is 25.7 Å². The number of rotatable bonds is 72. The normalized spacial score (nSPS) is 14.1. The Kier molecular flexibility index (Phi) is 63.4. The number of phosphoric ester groups is 2. The maximum atomic E-state index is 13.1. The van der Waals surface area contributed by atoms with Crippen molar-refractivity contribution >= 4 is 39.5 Å². The molecule has 0 aliphatic heterocycles. The van der Waals surface area contributed by atoms with Gasteiger partial charge >= 0.3 is 39.5 Å². The van der Waals surface area contributed by atoms with Crippen molar-refractivity contribution in [2.75, 3.05) is 39.6 Å². The van der Waals surface area contributed by atoms with Crippen molar-refractivity contribution in [3.8, 4) is 0 Å².